The van der Waals surface area contributed by atoms with Crippen LogP contribution in [-0.2, 0) is 26.8 Å². The number of carbonyl (C=O) groups is 1. The molecule has 1 N–H and O–H groups in total. The van der Waals surface area contributed by atoms with Crippen LogP contribution in [0.3, 0.4) is 0 Å². The van der Waals surface area contributed by atoms with Gasteiger partial charge in [0, 0.05) is 12.5 Å². The number of unbranched alkanes of at least 4 members (excludes halogenated alkanes) is 1. The first-order valence-corrected chi connectivity index (χ1v) is 10.5. The third-order valence-electron chi connectivity index (χ3n) is 4.42. The molecule has 1 aromatic heterocycles. The van der Waals surface area contributed by atoms with Gasteiger partial charge in [-0.05, 0) is 25.2 Å². The van der Waals surface area contributed by atoms with Crippen molar-refractivity contribution in [1.82, 2.24) is 15.5 Å². The van der Waals surface area contributed by atoms with Gasteiger partial charge in [0.2, 0.25) is 11.8 Å². The molecule has 1 fully saturated rings. The SMILES string of the molecule is CCCCc1noc(CS(=O)(=O)CC(=O)N[C@@H]2CCCC[C@@H]2C)n1. The van der Waals surface area contributed by atoms with Crippen molar-refractivity contribution < 1.29 is 17.7 Å². The van der Waals surface area contributed by atoms with E-state index in [1.807, 2.05) is 0 Å². The average molecular weight is 357 g/mol. The van der Waals surface area contributed by atoms with Gasteiger partial charge in [-0.2, -0.15) is 4.98 Å². The Hall–Kier alpha value is -1.44. The maximum atomic E-state index is 12.2. The van der Waals surface area contributed by atoms with E-state index in [1.54, 1.807) is 0 Å². The van der Waals surface area contributed by atoms with Gasteiger partial charge >= 0.3 is 0 Å². The molecular weight excluding hydrogens is 330 g/mol. The van der Waals surface area contributed by atoms with E-state index in [9.17, 15) is 13.2 Å². The summed E-state index contributed by atoms with van der Waals surface area (Å²) in [6.07, 6.45) is 6.82. The van der Waals surface area contributed by atoms with E-state index in [0.717, 1.165) is 32.1 Å². The lowest BCUT2D eigenvalue weighted by molar-refractivity contribution is -0.119. The average Bonchev–Trinajstić information content (AvgIpc) is 2.93. The second kappa shape index (κ2) is 8.60. The van der Waals surface area contributed by atoms with Crippen LogP contribution in [0.25, 0.3) is 0 Å². The summed E-state index contributed by atoms with van der Waals surface area (Å²) in [5, 5.41) is 6.63. The molecule has 0 bridgehead atoms. The van der Waals surface area contributed by atoms with E-state index < -0.39 is 21.5 Å². The van der Waals surface area contributed by atoms with Gasteiger partial charge in [0.05, 0.1) is 0 Å². The van der Waals surface area contributed by atoms with Gasteiger partial charge in [0.25, 0.3) is 0 Å². The minimum Gasteiger partial charge on any atom is -0.352 e. The second-order valence-corrected chi connectivity index (χ2v) is 8.74. The Kier molecular flexibility index (Phi) is 6.77. The standard InChI is InChI=1S/C16H27N3O4S/c1-3-4-9-14-18-16(23-19-14)11-24(21,22)10-15(20)17-13-8-6-5-7-12(13)2/h12-13H,3-11H2,1-2H3,(H,17,20)/t12-,13+/m0/s1. The minimum atomic E-state index is -3.62. The fourth-order valence-electron chi connectivity index (χ4n) is 3.00. The highest BCUT2D eigenvalue weighted by Gasteiger charge is 2.26. The van der Waals surface area contributed by atoms with E-state index >= 15 is 0 Å². The smallest absolute Gasteiger partial charge is 0.241 e. The molecule has 0 spiro atoms. The molecule has 8 heteroatoms. The zero-order valence-electron chi connectivity index (χ0n) is 14.5. The van der Waals surface area contributed by atoms with E-state index in [4.69, 9.17) is 4.52 Å². The molecule has 2 rings (SSSR count). The summed E-state index contributed by atoms with van der Waals surface area (Å²) in [7, 11) is -3.62. The van der Waals surface area contributed by atoms with Gasteiger partial charge in [0.1, 0.15) is 11.5 Å². The molecule has 0 aromatic carbocycles. The molecule has 1 heterocycles. The Morgan fingerprint density at radius 3 is 2.79 bits per heavy atom. The lowest BCUT2D eigenvalue weighted by Gasteiger charge is -2.29. The van der Waals surface area contributed by atoms with E-state index in [2.05, 4.69) is 29.3 Å². The van der Waals surface area contributed by atoms with Gasteiger partial charge in [0.15, 0.2) is 15.7 Å². The zero-order valence-corrected chi connectivity index (χ0v) is 15.3. The van der Waals surface area contributed by atoms with Crippen LogP contribution >= 0.6 is 0 Å². The van der Waals surface area contributed by atoms with Gasteiger partial charge in [-0.25, -0.2) is 8.42 Å². The fraction of sp³-hybridized carbons (Fsp3) is 0.812. The van der Waals surface area contributed by atoms with E-state index in [1.165, 1.54) is 6.42 Å². The number of aryl methyl sites for hydroxylation is 1. The van der Waals surface area contributed by atoms with E-state index in [0.29, 0.717) is 18.2 Å². The number of rotatable bonds is 8. The van der Waals surface area contributed by atoms with Crippen LogP contribution < -0.4 is 5.32 Å². The summed E-state index contributed by atoms with van der Waals surface area (Å²) >= 11 is 0. The molecule has 0 unspecified atom stereocenters. The molecular formula is C16H27N3O4S. The molecule has 7 nitrogen and oxygen atoms in total. The maximum Gasteiger partial charge on any atom is 0.241 e. The zero-order chi connectivity index (χ0) is 17.6. The van der Waals surface area contributed by atoms with Gasteiger partial charge in [-0.3, -0.25) is 4.79 Å². The lowest BCUT2D eigenvalue weighted by atomic mass is 9.86. The summed E-state index contributed by atoms with van der Waals surface area (Å²) < 4.78 is 29.3. The summed E-state index contributed by atoms with van der Waals surface area (Å²) in [5.41, 5.74) is 0. The number of carbonyl (C=O) groups excluding carboxylic acids is 1. The molecule has 0 saturated heterocycles. The molecule has 1 amide bonds. The number of hydrogen-bond donors (Lipinski definition) is 1. The number of aromatic nitrogens is 2. The largest absolute Gasteiger partial charge is 0.352 e. The van der Waals surface area contributed by atoms with Crippen molar-refractivity contribution in [2.75, 3.05) is 5.75 Å². The minimum absolute atomic E-state index is 0.0555. The van der Waals surface area contributed by atoms with Gasteiger partial charge in [-0.1, -0.05) is 38.3 Å². The molecule has 2 atom stereocenters. The predicted octanol–water partition coefficient (Wildman–Crippen LogP) is 2.02. The molecule has 24 heavy (non-hydrogen) atoms. The molecule has 1 aliphatic carbocycles. The van der Waals surface area contributed by atoms with Gasteiger partial charge < -0.3 is 9.84 Å². The topological polar surface area (TPSA) is 102 Å². The lowest BCUT2D eigenvalue weighted by Crippen LogP contribution is -2.43. The monoisotopic (exact) mass is 357 g/mol. The maximum absolute atomic E-state index is 12.2. The first-order valence-electron chi connectivity index (χ1n) is 8.71. The molecule has 1 aliphatic rings. The first-order chi connectivity index (χ1) is 11.4. The highest BCUT2D eigenvalue weighted by molar-refractivity contribution is 7.91. The van der Waals surface area contributed by atoms with Crippen LogP contribution in [0.15, 0.2) is 4.52 Å². The summed E-state index contributed by atoms with van der Waals surface area (Å²) in [5.74, 6) is -0.410. The van der Waals surface area contributed by atoms with Crippen molar-refractivity contribution in [3.8, 4) is 0 Å². The second-order valence-electron chi connectivity index (χ2n) is 6.68. The van der Waals surface area contributed by atoms with Crippen LogP contribution in [0.1, 0.15) is 64.1 Å². The highest BCUT2D eigenvalue weighted by atomic mass is 32.2. The van der Waals surface area contributed by atoms with Crippen molar-refractivity contribution in [1.29, 1.82) is 0 Å². The van der Waals surface area contributed by atoms with Crippen LogP contribution in [0, 0.1) is 5.92 Å². The molecule has 1 aromatic rings. The Balaban J connectivity index is 1.85. The Labute approximate surface area is 143 Å². The van der Waals surface area contributed by atoms with Crippen LogP contribution in [-0.4, -0.2) is 36.3 Å². The Morgan fingerprint density at radius 1 is 1.33 bits per heavy atom. The third-order valence-corrected chi connectivity index (χ3v) is 5.81. The number of nitrogens with one attached hydrogen (secondary N) is 1. The summed E-state index contributed by atoms with van der Waals surface area (Å²) in [4.78, 5) is 16.1. The summed E-state index contributed by atoms with van der Waals surface area (Å²) in [6, 6.07) is 0.0745. The number of nitrogens with zero attached hydrogens (tertiary/aromatic N) is 2. The van der Waals surface area contributed by atoms with Crippen LogP contribution in [0.2, 0.25) is 0 Å². The quantitative estimate of drug-likeness (QED) is 0.763. The van der Waals surface area contributed by atoms with Crippen molar-refractivity contribution in [2.45, 2.75) is 70.6 Å². The van der Waals surface area contributed by atoms with Crippen LogP contribution in [0.5, 0.6) is 0 Å². The first kappa shape index (κ1) is 18.9. The molecule has 1 saturated carbocycles. The van der Waals surface area contributed by atoms with Crippen molar-refractivity contribution in [2.24, 2.45) is 5.92 Å². The molecule has 136 valence electrons. The highest BCUT2D eigenvalue weighted by Crippen LogP contribution is 2.23. The van der Waals surface area contributed by atoms with Crippen LogP contribution in [0.4, 0.5) is 0 Å². The van der Waals surface area contributed by atoms with E-state index in [-0.39, 0.29) is 17.7 Å². The molecule has 0 radical (unpaired) electrons. The molecule has 0 aliphatic heterocycles. The fourth-order valence-corrected chi connectivity index (χ4v) is 4.08. The van der Waals surface area contributed by atoms with Crippen molar-refractivity contribution in [3.05, 3.63) is 11.7 Å². The number of sulfone groups is 1. The third kappa shape index (κ3) is 5.89. The Morgan fingerprint density at radius 2 is 2.08 bits per heavy atom. The number of hydrogen-bond acceptors (Lipinski definition) is 6. The Bertz CT molecular complexity index is 642. The predicted molar refractivity (Wildman–Crippen MR) is 90.0 cm³/mol. The number of amides is 1. The summed E-state index contributed by atoms with van der Waals surface area (Å²) in [6.45, 7) is 4.14. The van der Waals surface area contributed by atoms with Crippen molar-refractivity contribution in [3.63, 3.8) is 0 Å². The van der Waals surface area contributed by atoms with Gasteiger partial charge in [-0.15, -0.1) is 0 Å². The normalized spacial score (nSPS) is 21.6. The van der Waals surface area contributed by atoms with Crippen molar-refractivity contribution >= 4 is 15.7 Å².